The minimum absolute atomic E-state index is 0.155. The third-order valence-corrected chi connectivity index (χ3v) is 3.02. The van der Waals surface area contributed by atoms with Crippen molar-refractivity contribution in [1.82, 2.24) is 15.2 Å². The lowest BCUT2D eigenvalue weighted by Crippen LogP contribution is -2.35. The molecule has 0 saturated carbocycles. The molecule has 1 heterocycles. The Morgan fingerprint density at radius 1 is 1.42 bits per heavy atom. The highest BCUT2D eigenvalue weighted by Crippen LogP contribution is 2.10. The van der Waals surface area contributed by atoms with Crippen LogP contribution in [0, 0.1) is 6.92 Å². The van der Waals surface area contributed by atoms with Gasteiger partial charge in [-0.25, -0.2) is 0 Å². The largest absolute Gasteiger partial charge is 0.398 e. The fourth-order valence-corrected chi connectivity index (χ4v) is 1.94. The maximum absolute atomic E-state index is 12.0. The van der Waals surface area contributed by atoms with E-state index in [1.54, 1.807) is 6.07 Å². The van der Waals surface area contributed by atoms with Crippen LogP contribution in [0.1, 0.15) is 36.3 Å². The van der Waals surface area contributed by atoms with Crippen LogP contribution < -0.4 is 11.1 Å². The summed E-state index contributed by atoms with van der Waals surface area (Å²) < 4.78 is 0. The molecule has 0 saturated heterocycles. The first-order valence-electron chi connectivity index (χ1n) is 6.81. The van der Waals surface area contributed by atoms with Crippen LogP contribution >= 0.6 is 0 Å². The summed E-state index contributed by atoms with van der Waals surface area (Å²) >= 11 is 0. The van der Waals surface area contributed by atoms with Gasteiger partial charge >= 0.3 is 0 Å². The summed E-state index contributed by atoms with van der Waals surface area (Å²) in [6, 6.07) is 1.71. The first-order valence-corrected chi connectivity index (χ1v) is 6.81. The maximum atomic E-state index is 12.0. The Kier molecular flexibility index (Phi) is 6.29. The Labute approximate surface area is 115 Å². The third kappa shape index (κ3) is 4.87. The van der Waals surface area contributed by atoms with Gasteiger partial charge in [-0.05, 0) is 32.5 Å². The number of nitrogens with two attached hydrogens (primary N) is 1. The lowest BCUT2D eigenvalue weighted by Gasteiger charge is -2.19. The number of amides is 1. The van der Waals surface area contributed by atoms with Crippen LogP contribution in [0.15, 0.2) is 12.3 Å². The molecule has 0 aliphatic rings. The normalized spacial score (nSPS) is 10.7. The van der Waals surface area contributed by atoms with Gasteiger partial charge < -0.3 is 16.0 Å². The molecule has 1 rings (SSSR count). The Morgan fingerprint density at radius 2 is 2.16 bits per heavy atom. The lowest BCUT2D eigenvalue weighted by atomic mass is 10.2. The number of nitrogens with zero attached hydrogens (tertiary/aromatic N) is 2. The number of carbonyl (C=O) groups excluding carboxylic acids is 1. The second-order valence-corrected chi connectivity index (χ2v) is 4.60. The molecule has 0 bridgehead atoms. The Morgan fingerprint density at radius 3 is 2.74 bits per heavy atom. The molecule has 1 amide bonds. The number of nitrogens with one attached hydrogen (secondary N) is 1. The number of pyridine rings is 1. The number of likely N-dealkylation sites (N-methyl/N-ethyl adjacent to an activating group) is 1. The highest BCUT2D eigenvalue weighted by molar-refractivity contribution is 5.98. The van der Waals surface area contributed by atoms with Gasteiger partial charge in [0.1, 0.15) is 0 Å². The molecule has 5 nitrogen and oxygen atoms in total. The van der Waals surface area contributed by atoms with Crippen molar-refractivity contribution < 1.29 is 4.79 Å². The van der Waals surface area contributed by atoms with Gasteiger partial charge in [0, 0.05) is 30.7 Å². The van der Waals surface area contributed by atoms with Gasteiger partial charge in [0.15, 0.2) is 0 Å². The molecule has 3 N–H and O–H groups in total. The highest BCUT2D eigenvalue weighted by Gasteiger charge is 2.10. The number of aryl methyl sites for hydroxylation is 1. The average molecular weight is 264 g/mol. The predicted molar refractivity (Wildman–Crippen MR) is 78.1 cm³/mol. The summed E-state index contributed by atoms with van der Waals surface area (Å²) in [5.74, 6) is -0.155. The predicted octanol–water partition coefficient (Wildman–Crippen LogP) is 1.43. The number of anilines is 1. The molecule has 1 aromatic heterocycles. The van der Waals surface area contributed by atoms with E-state index in [1.165, 1.54) is 6.20 Å². The molecule has 0 radical (unpaired) electrons. The number of aromatic nitrogens is 1. The van der Waals surface area contributed by atoms with E-state index in [4.69, 9.17) is 5.73 Å². The zero-order chi connectivity index (χ0) is 14.3. The fourth-order valence-electron chi connectivity index (χ4n) is 1.94. The molecule has 0 atom stereocenters. The minimum Gasteiger partial charge on any atom is -0.398 e. The van der Waals surface area contributed by atoms with Crippen molar-refractivity contribution in [3.63, 3.8) is 0 Å². The summed E-state index contributed by atoms with van der Waals surface area (Å²) in [5, 5.41) is 2.88. The van der Waals surface area contributed by atoms with Crippen LogP contribution in [0.3, 0.4) is 0 Å². The number of carbonyl (C=O) groups is 1. The maximum Gasteiger partial charge on any atom is 0.254 e. The fraction of sp³-hybridized carbons (Fsp3) is 0.571. The molecule has 0 aliphatic carbocycles. The molecule has 19 heavy (non-hydrogen) atoms. The van der Waals surface area contributed by atoms with Gasteiger partial charge in [-0.2, -0.15) is 0 Å². The highest BCUT2D eigenvalue weighted by atomic mass is 16.1. The quantitative estimate of drug-likeness (QED) is 0.781. The number of nitrogen functional groups attached to an aromatic ring is 1. The van der Waals surface area contributed by atoms with Gasteiger partial charge in [0.2, 0.25) is 0 Å². The Hall–Kier alpha value is -1.62. The molecule has 5 heteroatoms. The van der Waals surface area contributed by atoms with E-state index in [9.17, 15) is 4.79 Å². The monoisotopic (exact) mass is 264 g/mol. The Bertz CT molecular complexity index is 420. The zero-order valence-electron chi connectivity index (χ0n) is 12.1. The summed E-state index contributed by atoms with van der Waals surface area (Å²) in [7, 11) is 0. The molecule has 0 unspecified atom stereocenters. The van der Waals surface area contributed by atoms with Crippen molar-refractivity contribution >= 4 is 11.6 Å². The molecule has 1 aromatic rings. The van der Waals surface area contributed by atoms with Crippen molar-refractivity contribution in [1.29, 1.82) is 0 Å². The van der Waals surface area contributed by atoms with Gasteiger partial charge in [0.25, 0.3) is 5.91 Å². The van der Waals surface area contributed by atoms with Crippen molar-refractivity contribution in [2.24, 2.45) is 0 Å². The van der Waals surface area contributed by atoms with E-state index in [2.05, 4.69) is 29.0 Å². The standard InChI is InChI=1S/C14H24N4O/c1-4-7-18(5-2)8-6-16-14(19)12-10-17-11(3)9-13(12)15/h9-10H,4-8H2,1-3H3,(H2,15,17)(H,16,19). The van der Waals surface area contributed by atoms with Crippen LogP contribution in [0.25, 0.3) is 0 Å². The topological polar surface area (TPSA) is 71.2 Å². The summed E-state index contributed by atoms with van der Waals surface area (Å²) in [6.07, 6.45) is 2.65. The first kappa shape index (κ1) is 15.4. The lowest BCUT2D eigenvalue weighted by molar-refractivity contribution is 0.0949. The van der Waals surface area contributed by atoms with Crippen LogP contribution in [0.2, 0.25) is 0 Å². The summed E-state index contributed by atoms with van der Waals surface area (Å²) in [5.41, 5.74) is 7.56. The van der Waals surface area contributed by atoms with Crippen LogP contribution in [-0.4, -0.2) is 42.0 Å². The van der Waals surface area contributed by atoms with E-state index in [0.717, 1.165) is 31.7 Å². The van der Waals surface area contributed by atoms with Crippen molar-refractivity contribution in [3.05, 3.63) is 23.5 Å². The first-order chi connectivity index (χ1) is 9.08. The molecule has 106 valence electrons. The molecule has 0 spiro atoms. The van der Waals surface area contributed by atoms with E-state index < -0.39 is 0 Å². The van der Waals surface area contributed by atoms with E-state index in [-0.39, 0.29) is 5.91 Å². The van der Waals surface area contributed by atoms with Crippen molar-refractivity contribution in [3.8, 4) is 0 Å². The van der Waals surface area contributed by atoms with E-state index in [1.807, 2.05) is 6.92 Å². The van der Waals surface area contributed by atoms with Crippen LogP contribution in [0.5, 0.6) is 0 Å². The van der Waals surface area contributed by atoms with E-state index in [0.29, 0.717) is 17.8 Å². The smallest absolute Gasteiger partial charge is 0.254 e. The van der Waals surface area contributed by atoms with Gasteiger partial charge in [-0.1, -0.05) is 13.8 Å². The van der Waals surface area contributed by atoms with Crippen LogP contribution in [0.4, 0.5) is 5.69 Å². The summed E-state index contributed by atoms with van der Waals surface area (Å²) in [6.45, 7) is 9.66. The van der Waals surface area contributed by atoms with Crippen molar-refractivity contribution in [2.45, 2.75) is 27.2 Å². The molecular weight excluding hydrogens is 240 g/mol. The average Bonchev–Trinajstić information content (AvgIpc) is 2.37. The second kappa shape index (κ2) is 7.74. The minimum atomic E-state index is -0.155. The SMILES string of the molecule is CCCN(CC)CCNC(=O)c1cnc(C)cc1N. The molecule has 0 fully saturated rings. The van der Waals surface area contributed by atoms with Gasteiger partial charge in [-0.3, -0.25) is 9.78 Å². The number of rotatable bonds is 7. The molecule has 0 aliphatic heterocycles. The Balaban J connectivity index is 2.47. The third-order valence-electron chi connectivity index (χ3n) is 3.02. The second-order valence-electron chi connectivity index (χ2n) is 4.60. The van der Waals surface area contributed by atoms with Crippen molar-refractivity contribution in [2.75, 3.05) is 31.9 Å². The van der Waals surface area contributed by atoms with Gasteiger partial charge in [0.05, 0.1) is 5.56 Å². The number of hydrogen-bond donors (Lipinski definition) is 2. The van der Waals surface area contributed by atoms with E-state index >= 15 is 0 Å². The molecule has 0 aromatic carbocycles. The molecular formula is C14H24N4O. The zero-order valence-corrected chi connectivity index (χ0v) is 12.1. The number of hydrogen-bond acceptors (Lipinski definition) is 4. The van der Waals surface area contributed by atoms with Crippen LogP contribution in [-0.2, 0) is 0 Å². The van der Waals surface area contributed by atoms with Gasteiger partial charge in [-0.15, -0.1) is 0 Å². The summed E-state index contributed by atoms with van der Waals surface area (Å²) in [4.78, 5) is 18.4.